The fourth-order valence-electron chi connectivity index (χ4n) is 4.85. The van der Waals surface area contributed by atoms with Crippen LogP contribution in [-0.4, -0.2) is 65.0 Å². The molecular weight excluding hydrogens is 404 g/mol. The van der Waals surface area contributed by atoms with E-state index < -0.39 is 5.60 Å². The fraction of sp³-hybridized carbons (Fsp3) is 0.440. The highest BCUT2D eigenvalue weighted by Gasteiger charge is 2.51. The van der Waals surface area contributed by atoms with Crippen LogP contribution in [0.3, 0.4) is 0 Å². The van der Waals surface area contributed by atoms with Crippen LogP contribution in [0.15, 0.2) is 42.5 Å². The van der Waals surface area contributed by atoms with Crippen molar-refractivity contribution in [3.8, 4) is 11.1 Å². The normalized spacial score (nSPS) is 23.8. The van der Waals surface area contributed by atoms with Gasteiger partial charge in [-0.15, -0.1) is 0 Å². The van der Waals surface area contributed by atoms with Crippen molar-refractivity contribution in [2.75, 3.05) is 31.7 Å². The van der Waals surface area contributed by atoms with E-state index in [1.54, 1.807) is 9.80 Å². The van der Waals surface area contributed by atoms with Gasteiger partial charge in [-0.25, -0.2) is 5.43 Å². The molecule has 168 valence electrons. The first kappa shape index (κ1) is 21.0. The lowest BCUT2D eigenvalue weighted by molar-refractivity contribution is -0.146. The molecule has 2 aromatic rings. The average molecular weight is 435 g/mol. The van der Waals surface area contributed by atoms with Gasteiger partial charge in [0.2, 0.25) is 0 Å². The molecule has 2 aliphatic heterocycles. The highest BCUT2D eigenvalue weighted by atomic mass is 16.3. The minimum absolute atomic E-state index is 0.0194. The second kappa shape index (κ2) is 7.60. The minimum Gasteiger partial charge on any atom is -0.380 e. The SMILES string of the molecule is CC1NN(C)c2ccc(-c3ccc(C(=O)N4CCN(C(=O)C5(O)CC5)C(C)C4)cc3)cc21. The molecule has 2 aromatic carbocycles. The number of hydrogen-bond donors (Lipinski definition) is 2. The van der Waals surface area contributed by atoms with Gasteiger partial charge in [0.15, 0.2) is 0 Å². The van der Waals surface area contributed by atoms with E-state index in [2.05, 4.69) is 30.5 Å². The smallest absolute Gasteiger partial charge is 0.254 e. The highest BCUT2D eigenvalue weighted by molar-refractivity contribution is 5.95. The quantitative estimate of drug-likeness (QED) is 0.777. The molecule has 1 saturated heterocycles. The summed E-state index contributed by atoms with van der Waals surface area (Å²) in [6.45, 7) is 5.50. The largest absolute Gasteiger partial charge is 0.380 e. The van der Waals surface area contributed by atoms with Crippen molar-refractivity contribution in [3.05, 3.63) is 53.6 Å². The number of amides is 2. The van der Waals surface area contributed by atoms with Crippen molar-refractivity contribution in [2.24, 2.45) is 0 Å². The van der Waals surface area contributed by atoms with E-state index in [-0.39, 0.29) is 23.9 Å². The molecule has 5 rings (SSSR count). The van der Waals surface area contributed by atoms with Crippen molar-refractivity contribution in [3.63, 3.8) is 0 Å². The molecule has 2 fully saturated rings. The van der Waals surface area contributed by atoms with E-state index in [4.69, 9.17) is 0 Å². The van der Waals surface area contributed by atoms with Gasteiger partial charge < -0.3 is 19.9 Å². The number of piperazine rings is 1. The van der Waals surface area contributed by atoms with Crippen LogP contribution in [0.5, 0.6) is 0 Å². The summed E-state index contributed by atoms with van der Waals surface area (Å²) < 4.78 is 0. The van der Waals surface area contributed by atoms with Gasteiger partial charge in [-0.3, -0.25) is 9.59 Å². The van der Waals surface area contributed by atoms with Gasteiger partial charge in [0, 0.05) is 38.3 Å². The third-order valence-corrected chi connectivity index (χ3v) is 7.01. The molecule has 0 aromatic heterocycles. The molecule has 0 spiro atoms. The van der Waals surface area contributed by atoms with Crippen LogP contribution < -0.4 is 10.4 Å². The summed E-state index contributed by atoms with van der Waals surface area (Å²) in [5.41, 5.74) is 7.55. The summed E-state index contributed by atoms with van der Waals surface area (Å²) in [4.78, 5) is 29.1. The van der Waals surface area contributed by atoms with Gasteiger partial charge in [0.05, 0.1) is 11.7 Å². The molecule has 3 aliphatic rings. The maximum absolute atomic E-state index is 13.1. The zero-order valence-electron chi connectivity index (χ0n) is 18.8. The van der Waals surface area contributed by atoms with E-state index in [0.717, 1.165) is 11.1 Å². The fourth-order valence-corrected chi connectivity index (χ4v) is 4.85. The molecule has 2 amide bonds. The number of benzene rings is 2. The molecule has 0 bridgehead atoms. The Labute approximate surface area is 188 Å². The molecule has 2 heterocycles. The lowest BCUT2D eigenvalue weighted by atomic mass is 9.98. The van der Waals surface area contributed by atoms with Gasteiger partial charge in [-0.05, 0) is 67.6 Å². The number of carbonyl (C=O) groups excluding carboxylic acids is 2. The molecular formula is C25H30N4O3. The van der Waals surface area contributed by atoms with E-state index in [9.17, 15) is 14.7 Å². The Morgan fingerprint density at radius 3 is 2.38 bits per heavy atom. The second-order valence-corrected chi connectivity index (χ2v) is 9.39. The van der Waals surface area contributed by atoms with Gasteiger partial charge in [-0.1, -0.05) is 18.2 Å². The molecule has 1 aliphatic carbocycles. The lowest BCUT2D eigenvalue weighted by Crippen LogP contribution is -2.57. The molecule has 7 heteroatoms. The third kappa shape index (κ3) is 3.55. The molecule has 2 atom stereocenters. The van der Waals surface area contributed by atoms with E-state index in [0.29, 0.717) is 38.0 Å². The van der Waals surface area contributed by atoms with Crippen LogP contribution in [0.4, 0.5) is 5.69 Å². The van der Waals surface area contributed by atoms with Crippen molar-refractivity contribution in [1.29, 1.82) is 0 Å². The highest BCUT2D eigenvalue weighted by Crippen LogP contribution is 2.38. The van der Waals surface area contributed by atoms with Crippen molar-refractivity contribution < 1.29 is 14.7 Å². The monoisotopic (exact) mass is 434 g/mol. The number of fused-ring (bicyclic) bond motifs is 1. The number of anilines is 1. The van der Waals surface area contributed by atoms with Crippen molar-refractivity contribution in [1.82, 2.24) is 15.2 Å². The van der Waals surface area contributed by atoms with Gasteiger partial charge in [0.25, 0.3) is 11.8 Å². The van der Waals surface area contributed by atoms with Crippen LogP contribution in [0.2, 0.25) is 0 Å². The lowest BCUT2D eigenvalue weighted by Gasteiger charge is -2.40. The van der Waals surface area contributed by atoms with E-state index in [1.165, 1.54) is 11.3 Å². The summed E-state index contributed by atoms with van der Waals surface area (Å²) in [6, 6.07) is 14.4. The Morgan fingerprint density at radius 1 is 1.03 bits per heavy atom. The number of carbonyl (C=O) groups is 2. The number of nitrogens with one attached hydrogen (secondary N) is 1. The van der Waals surface area contributed by atoms with Gasteiger partial charge in [-0.2, -0.15) is 0 Å². The second-order valence-electron chi connectivity index (χ2n) is 9.39. The van der Waals surface area contributed by atoms with Crippen molar-refractivity contribution in [2.45, 2.75) is 44.4 Å². The Kier molecular flexibility index (Phi) is 4.98. The van der Waals surface area contributed by atoms with Crippen LogP contribution in [0.25, 0.3) is 11.1 Å². The Morgan fingerprint density at radius 2 is 1.72 bits per heavy atom. The summed E-state index contributed by atoms with van der Waals surface area (Å²) >= 11 is 0. The molecule has 2 N–H and O–H groups in total. The van der Waals surface area contributed by atoms with Crippen LogP contribution in [0.1, 0.15) is 48.7 Å². The van der Waals surface area contributed by atoms with Crippen molar-refractivity contribution >= 4 is 17.5 Å². The summed E-state index contributed by atoms with van der Waals surface area (Å²) in [6.07, 6.45) is 1.08. The number of hydrazine groups is 1. The van der Waals surface area contributed by atoms with Gasteiger partial charge >= 0.3 is 0 Å². The molecule has 0 radical (unpaired) electrons. The zero-order chi connectivity index (χ0) is 22.6. The predicted octanol–water partition coefficient (Wildman–Crippen LogP) is 2.57. The standard InChI is InChI=1S/C25H30N4O3/c1-16-15-28(12-13-29(16)24(31)25(32)10-11-25)23(30)19-6-4-18(5-7-19)20-8-9-22-21(14-20)17(2)26-27(22)3/h4-9,14,16-17,26,32H,10-13,15H2,1-3H3. The van der Waals surface area contributed by atoms with Gasteiger partial charge in [0.1, 0.15) is 5.60 Å². The molecule has 7 nitrogen and oxygen atoms in total. The summed E-state index contributed by atoms with van der Waals surface area (Å²) in [5.74, 6) is -0.208. The number of hydrogen-bond acceptors (Lipinski definition) is 5. The third-order valence-electron chi connectivity index (χ3n) is 7.01. The predicted molar refractivity (Wildman–Crippen MR) is 123 cm³/mol. The van der Waals surface area contributed by atoms with Crippen LogP contribution in [0, 0.1) is 0 Å². The molecule has 1 saturated carbocycles. The minimum atomic E-state index is -1.16. The first-order valence-corrected chi connectivity index (χ1v) is 11.3. The summed E-state index contributed by atoms with van der Waals surface area (Å²) in [7, 11) is 2.02. The zero-order valence-corrected chi connectivity index (χ0v) is 18.8. The molecule has 32 heavy (non-hydrogen) atoms. The Balaban J connectivity index is 1.27. The maximum atomic E-state index is 13.1. The number of rotatable bonds is 3. The molecule has 2 unspecified atom stereocenters. The number of aliphatic hydroxyl groups is 1. The first-order valence-electron chi connectivity index (χ1n) is 11.3. The maximum Gasteiger partial charge on any atom is 0.254 e. The first-order chi connectivity index (χ1) is 15.3. The average Bonchev–Trinajstić information content (AvgIpc) is 3.49. The Hall–Kier alpha value is -2.90. The van der Waals surface area contributed by atoms with Crippen LogP contribution in [-0.2, 0) is 4.79 Å². The topological polar surface area (TPSA) is 76.1 Å². The summed E-state index contributed by atoms with van der Waals surface area (Å²) in [5, 5.41) is 12.2. The van der Waals surface area contributed by atoms with Crippen LogP contribution >= 0.6 is 0 Å². The number of nitrogens with zero attached hydrogens (tertiary/aromatic N) is 3. The van der Waals surface area contributed by atoms with E-state index >= 15 is 0 Å². The van der Waals surface area contributed by atoms with E-state index in [1.807, 2.05) is 43.2 Å². The Bertz CT molecular complexity index is 1060.